The van der Waals surface area contributed by atoms with Crippen LogP contribution >= 0.6 is 11.6 Å². The van der Waals surface area contributed by atoms with Gasteiger partial charge in [-0.15, -0.1) is 0 Å². The minimum atomic E-state index is 0.585. The molecule has 138 valence electrons. The molecular weight excluding hydrogens is 346 g/mol. The van der Waals surface area contributed by atoms with E-state index in [1.807, 2.05) is 24.3 Å². The Morgan fingerprint density at radius 3 is 2.96 bits per heavy atom. The second-order valence-electron chi connectivity index (χ2n) is 6.66. The first-order valence-corrected chi connectivity index (χ1v) is 9.39. The fourth-order valence-corrected chi connectivity index (χ4v) is 3.45. The molecule has 5 nitrogen and oxygen atoms in total. The Labute approximate surface area is 160 Å². The molecule has 26 heavy (non-hydrogen) atoms. The molecule has 0 bridgehead atoms. The molecule has 1 aromatic carbocycles. The Balaban J connectivity index is 1.48. The predicted octanol–water partition coefficient (Wildman–Crippen LogP) is 3.23. The molecule has 0 amide bonds. The monoisotopic (exact) mass is 371 g/mol. The molecule has 1 aliphatic rings. The number of hydrogen-bond acceptors (Lipinski definition) is 3. The first-order valence-electron chi connectivity index (χ1n) is 9.01. The van der Waals surface area contributed by atoms with Gasteiger partial charge in [0.1, 0.15) is 0 Å². The van der Waals surface area contributed by atoms with Crippen LogP contribution in [0.3, 0.4) is 0 Å². The quantitative estimate of drug-likeness (QED) is 0.625. The Morgan fingerprint density at radius 1 is 1.31 bits per heavy atom. The second kappa shape index (κ2) is 8.90. The van der Waals surface area contributed by atoms with Crippen LogP contribution in [0.5, 0.6) is 0 Å². The zero-order chi connectivity index (χ0) is 18.4. The summed E-state index contributed by atoms with van der Waals surface area (Å²) in [6.45, 7) is 5.80. The Morgan fingerprint density at radius 2 is 2.19 bits per heavy atom. The van der Waals surface area contributed by atoms with Gasteiger partial charge in [-0.3, -0.25) is 9.98 Å². The third-order valence-electron chi connectivity index (χ3n) is 4.74. The highest BCUT2D eigenvalue weighted by atomic mass is 35.5. The number of nitrogens with one attached hydrogen (secondary N) is 2. The number of hydrogen-bond donors (Lipinski definition) is 2. The number of rotatable bonds is 5. The largest absolute Gasteiger partial charge is 0.371 e. The van der Waals surface area contributed by atoms with Crippen molar-refractivity contribution in [2.45, 2.75) is 19.9 Å². The summed E-state index contributed by atoms with van der Waals surface area (Å²) in [4.78, 5) is 11.0. The normalized spacial score (nSPS) is 17.4. The minimum Gasteiger partial charge on any atom is -0.371 e. The molecular formula is C20H26ClN5. The van der Waals surface area contributed by atoms with Crippen molar-refractivity contribution in [2.24, 2.45) is 10.9 Å². The number of pyridine rings is 1. The van der Waals surface area contributed by atoms with Crippen LogP contribution in [-0.2, 0) is 6.54 Å². The summed E-state index contributed by atoms with van der Waals surface area (Å²) in [5, 5.41) is 7.55. The molecule has 1 fully saturated rings. The predicted molar refractivity (Wildman–Crippen MR) is 109 cm³/mol. The molecule has 2 heterocycles. The fourth-order valence-electron chi connectivity index (χ4n) is 3.28. The van der Waals surface area contributed by atoms with E-state index in [9.17, 15) is 0 Å². The lowest BCUT2D eigenvalue weighted by Gasteiger charge is -2.21. The molecule has 0 spiro atoms. The summed E-state index contributed by atoms with van der Waals surface area (Å²) in [6, 6.07) is 12.0. The van der Waals surface area contributed by atoms with E-state index in [-0.39, 0.29) is 0 Å². The summed E-state index contributed by atoms with van der Waals surface area (Å²) in [5.41, 5.74) is 3.52. The zero-order valence-corrected chi connectivity index (χ0v) is 16.1. The van der Waals surface area contributed by atoms with Crippen molar-refractivity contribution in [1.29, 1.82) is 0 Å². The van der Waals surface area contributed by atoms with Crippen molar-refractivity contribution in [2.75, 3.05) is 31.6 Å². The van der Waals surface area contributed by atoms with E-state index < -0.39 is 0 Å². The smallest absolute Gasteiger partial charge is 0.191 e. The first kappa shape index (κ1) is 18.5. The molecule has 1 aliphatic heterocycles. The molecule has 6 heteroatoms. The lowest BCUT2D eigenvalue weighted by Crippen LogP contribution is -2.40. The summed E-state index contributed by atoms with van der Waals surface area (Å²) in [7, 11) is 1.80. The molecule has 3 rings (SSSR count). The fraction of sp³-hybridized carbons (Fsp3) is 0.400. The van der Waals surface area contributed by atoms with E-state index >= 15 is 0 Å². The van der Waals surface area contributed by atoms with Gasteiger partial charge in [-0.1, -0.05) is 23.7 Å². The standard InChI is InChI=1S/C20H26ClN5/c1-15-6-7-17(21)11-19(15)26-10-8-16(14-26)12-24-20(22-2)25-13-18-5-3-4-9-23-18/h3-7,9,11,16H,8,10,12-14H2,1-2H3,(H2,22,24,25). The Bertz CT molecular complexity index is 747. The molecule has 1 aromatic heterocycles. The first-order chi connectivity index (χ1) is 12.7. The number of benzene rings is 1. The van der Waals surface area contributed by atoms with Gasteiger partial charge in [0.25, 0.3) is 0 Å². The van der Waals surface area contributed by atoms with Crippen LogP contribution in [0.25, 0.3) is 0 Å². The molecule has 2 N–H and O–H groups in total. The van der Waals surface area contributed by atoms with Crippen molar-refractivity contribution < 1.29 is 0 Å². The van der Waals surface area contributed by atoms with Gasteiger partial charge in [-0.25, -0.2) is 0 Å². The lowest BCUT2D eigenvalue weighted by atomic mass is 10.1. The molecule has 0 aliphatic carbocycles. The number of aliphatic imine (C=N–C) groups is 1. The van der Waals surface area contributed by atoms with Crippen molar-refractivity contribution >= 4 is 23.2 Å². The van der Waals surface area contributed by atoms with Crippen molar-refractivity contribution in [3.8, 4) is 0 Å². The average molecular weight is 372 g/mol. The number of halogens is 1. The third kappa shape index (κ3) is 4.88. The maximum Gasteiger partial charge on any atom is 0.191 e. The van der Waals surface area contributed by atoms with Crippen LogP contribution in [-0.4, -0.2) is 37.6 Å². The van der Waals surface area contributed by atoms with Crippen LogP contribution in [0, 0.1) is 12.8 Å². The van der Waals surface area contributed by atoms with E-state index in [2.05, 4.69) is 44.6 Å². The number of guanidine groups is 1. The van der Waals surface area contributed by atoms with Gasteiger partial charge in [-0.05, 0) is 49.1 Å². The number of anilines is 1. The Kier molecular flexibility index (Phi) is 6.34. The van der Waals surface area contributed by atoms with Gasteiger partial charge >= 0.3 is 0 Å². The molecule has 1 saturated heterocycles. The maximum absolute atomic E-state index is 6.17. The van der Waals surface area contributed by atoms with Crippen LogP contribution in [0.4, 0.5) is 5.69 Å². The molecule has 1 unspecified atom stereocenters. The van der Waals surface area contributed by atoms with Gasteiger partial charge in [0.15, 0.2) is 5.96 Å². The van der Waals surface area contributed by atoms with Crippen LogP contribution in [0.2, 0.25) is 5.02 Å². The van der Waals surface area contributed by atoms with Crippen molar-refractivity contribution in [1.82, 2.24) is 15.6 Å². The van der Waals surface area contributed by atoms with Gasteiger partial charge < -0.3 is 15.5 Å². The highest BCUT2D eigenvalue weighted by Gasteiger charge is 2.24. The number of nitrogens with zero attached hydrogens (tertiary/aromatic N) is 3. The van der Waals surface area contributed by atoms with Crippen LogP contribution in [0.1, 0.15) is 17.7 Å². The minimum absolute atomic E-state index is 0.585. The van der Waals surface area contributed by atoms with E-state index in [4.69, 9.17) is 11.6 Å². The van der Waals surface area contributed by atoms with Gasteiger partial charge in [-0.2, -0.15) is 0 Å². The molecule has 2 aromatic rings. The summed E-state index contributed by atoms with van der Waals surface area (Å²) in [6.07, 6.45) is 2.97. The molecule has 0 saturated carbocycles. The van der Waals surface area contributed by atoms with Gasteiger partial charge in [0.05, 0.1) is 12.2 Å². The number of aromatic nitrogens is 1. The SMILES string of the molecule is CN=C(NCc1ccccn1)NCC1CCN(c2cc(Cl)ccc2C)C1. The van der Waals surface area contributed by atoms with Crippen LogP contribution in [0.15, 0.2) is 47.6 Å². The second-order valence-corrected chi connectivity index (χ2v) is 7.10. The van der Waals surface area contributed by atoms with Gasteiger partial charge in [0, 0.05) is 43.6 Å². The molecule has 0 radical (unpaired) electrons. The Hall–Kier alpha value is -2.27. The highest BCUT2D eigenvalue weighted by molar-refractivity contribution is 6.30. The summed E-state index contributed by atoms with van der Waals surface area (Å²) >= 11 is 6.17. The highest BCUT2D eigenvalue weighted by Crippen LogP contribution is 2.29. The maximum atomic E-state index is 6.17. The third-order valence-corrected chi connectivity index (χ3v) is 4.98. The number of aryl methyl sites for hydroxylation is 1. The van der Waals surface area contributed by atoms with E-state index in [0.717, 1.165) is 42.7 Å². The average Bonchev–Trinajstić information content (AvgIpc) is 3.13. The summed E-state index contributed by atoms with van der Waals surface area (Å²) in [5.74, 6) is 1.40. The van der Waals surface area contributed by atoms with E-state index in [1.54, 1.807) is 13.2 Å². The topological polar surface area (TPSA) is 52.6 Å². The van der Waals surface area contributed by atoms with E-state index in [1.165, 1.54) is 11.3 Å². The lowest BCUT2D eigenvalue weighted by molar-refractivity contribution is 0.565. The van der Waals surface area contributed by atoms with E-state index in [0.29, 0.717) is 12.5 Å². The van der Waals surface area contributed by atoms with Crippen molar-refractivity contribution in [3.63, 3.8) is 0 Å². The molecule has 1 atom stereocenters. The van der Waals surface area contributed by atoms with Gasteiger partial charge in [0.2, 0.25) is 0 Å². The summed E-state index contributed by atoms with van der Waals surface area (Å²) < 4.78 is 0. The zero-order valence-electron chi connectivity index (χ0n) is 15.4. The van der Waals surface area contributed by atoms with Crippen molar-refractivity contribution in [3.05, 3.63) is 58.9 Å². The van der Waals surface area contributed by atoms with Crippen LogP contribution < -0.4 is 15.5 Å².